The summed E-state index contributed by atoms with van der Waals surface area (Å²) >= 11 is 0. The minimum Gasteiger partial charge on any atom is -0.378 e. The van der Waals surface area contributed by atoms with Gasteiger partial charge >= 0.3 is 0 Å². The topological polar surface area (TPSA) is 60.1 Å². The van der Waals surface area contributed by atoms with Crippen molar-refractivity contribution in [1.82, 2.24) is 4.90 Å². The van der Waals surface area contributed by atoms with Gasteiger partial charge < -0.3 is 25.2 Å². The molecule has 0 radical (unpaired) electrons. The Morgan fingerprint density at radius 2 is 1.52 bits per heavy atom. The molecule has 1 atom stereocenters. The van der Waals surface area contributed by atoms with Crippen molar-refractivity contribution in [2.45, 2.75) is 25.3 Å². The van der Waals surface area contributed by atoms with Gasteiger partial charge in [0.2, 0.25) is 0 Å². The number of hydrogen-bond donors (Lipinski definition) is 2. The average Bonchev–Trinajstić information content (AvgIpc) is 3.49. The number of amides is 1. The Morgan fingerprint density at radius 1 is 0.788 bits per heavy atom. The van der Waals surface area contributed by atoms with Crippen LogP contribution in [0.3, 0.4) is 0 Å². The number of rotatable bonds is 4. The number of benzene rings is 2. The summed E-state index contributed by atoms with van der Waals surface area (Å²) in [6.07, 6.45) is 5.50. The summed E-state index contributed by atoms with van der Waals surface area (Å²) in [6.45, 7) is 6.14. The van der Waals surface area contributed by atoms with E-state index >= 15 is 0 Å². The van der Waals surface area contributed by atoms with Crippen LogP contribution in [0.5, 0.6) is 0 Å². The molecule has 0 aliphatic carbocycles. The van der Waals surface area contributed by atoms with Gasteiger partial charge in [-0.25, -0.2) is 0 Å². The summed E-state index contributed by atoms with van der Waals surface area (Å²) in [5.74, 6) is 0.0590. The molecule has 1 amide bonds. The van der Waals surface area contributed by atoms with E-state index in [9.17, 15) is 4.79 Å². The van der Waals surface area contributed by atoms with Crippen LogP contribution in [0.15, 0.2) is 54.2 Å². The molecule has 2 aromatic carbocycles. The number of fused-ring (bicyclic) bond motifs is 1. The molecular formula is C26H31N5O2. The normalized spacial score (nSPS) is 22.7. The van der Waals surface area contributed by atoms with Crippen molar-refractivity contribution in [2.75, 3.05) is 66.5 Å². The molecule has 4 aliphatic rings. The number of ether oxygens (including phenoxy) is 1. The van der Waals surface area contributed by atoms with E-state index in [1.807, 2.05) is 11.0 Å². The Kier molecular flexibility index (Phi) is 5.34. The van der Waals surface area contributed by atoms with Crippen LogP contribution in [0.25, 0.3) is 0 Å². The number of carbonyl (C=O) groups is 1. The predicted octanol–water partition coefficient (Wildman–Crippen LogP) is 3.78. The Morgan fingerprint density at radius 3 is 2.30 bits per heavy atom. The van der Waals surface area contributed by atoms with Gasteiger partial charge in [0, 0.05) is 49.3 Å². The van der Waals surface area contributed by atoms with E-state index in [1.54, 1.807) is 0 Å². The van der Waals surface area contributed by atoms with Crippen LogP contribution in [0.2, 0.25) is 0 Å². The van der Waals surface area contributed by atoms with Crippen molar-refractivity contribution in [2.24, 2.45) is 0 Å². The van der Waals surface area contributed by atoms with Crippen LogP contribution in [0.4, 0.5) is 22.7 Å². The van der Waals surface area contributed by atoms with Gasteiger partial charge in [-0.05, 0) is 55.2 Å². The van der Waals surface area contributed by atoms with Gasteiger partial charge in [0.25, 0.3) is 5.91 Å². The Hall–Kier alpha value is -3.19. The monoisotopic (exact) mass is 445 g/mol. The van der Waals surface area contributed by atoms with Crippen LogP contribution < -0.4 is 20.4 Å². The van der Waals surface area contributed by atoms with Crippen LogP contribution in [-0.2, 0) is 9.53 Å². The summed E-state index contributed by atoms with van der Waals surface area (Å²) in [5, 5.41) is 6.68. The highest BCUT2D eigenvalue weighted by atomic mass is 16.5. The molecule has 7 nitrogen and oxygen atoms in total. The minimum atomic E-state index is -0.109. The first kappa shape index (κ1) is 20.4. The molecule has 0 aromatic heterocycles. The highest BCUT2D eigenvalue weighted by Gasteiger charge is 2.38. The van der Waals surface area contributed by atoms with Crippen LogP contribution in [0, 0.1) is 0 Å². The van der Waals surface area contributed by atoms with E-state index in [-0.39, 0.29) is 11.9 Å². The highest BCUT2D eigenvalue weighted by molar-refractivity contribution is 6.06. The third kappa shape index (κ3) is 3.80. The van der Waals surface area contributed by atoms with Crippen molar-refractivity contribution in [1.29, 1.82) is 0 Å². The van der Waals surface area contributed by atoms with Crippen LogP contribution in [0.1, 0.15) is 30.9 Å². The second-order valence-corrected chi connectivity index (χ2v) is 9.18. The zero-order valence-electron chi connectivity index (χ0n) is 18.9. The zero-order valence-corrected chi connectivity index (χ0v) is 18.9. The number of piperidine rings is 1. The molecule has 2 saturated heterocycles. The first-order chi connectivity index (χ1) is 16.3. The summed E-state index contributed by atoms with van der Waals surface area (Å²) in [7, 11) is 0. The van der Waals surface area contributed by atoms with E-state index in [0.29, 0.717) is 0 Å². The molecule has 1 unspecified atom stereocenters. The Bertz CT molecular complexity index is 1050. The number of anilines is 4. The number of hydrogen-bond acceptors (Lipinski definition) is 6. The maximum absolute atomic E-state index is 13.4. The first-order valence-electron chi connectivity index (χ1n) is 12.1. The number of nitrogens with one attached hydrogen (secondary N) is 2. The van der Waals surface area contributed by atoms with E-state index in [1.165, 1.54) is 24.9 Å². The van der Waals surface area contributed by atoms with Crippen molar-refractivity contribution < 1.29 is 9.53 Å². The maximum atomic E-state index is 13.4. The Labute approximate surface area is 195 Å². The largest absolute Gasteiger partial charge is 0.378 e. The van der Waals surface area contributed by atoms with Crippen LogP contribution in [-0.4, -0.2) is 56.9 Å². The fourth-order valence-corrected chi connectivity index (χ4v) is 5.45. The van der Waals surface area contributed by atoms with Crippen molar-refractivity contribution in [3.63, 3.8) is 0 Å². The molecule has 2 N–H and O–H groups in total. The van der Waals surface area contributed by atoms with E-state index in [0.717, 1.165) is 74.4 Å². The van der Waals surface area contributed by atoms with Crippen molar-refractivity contribution >= 4 is 28.7 Å². The standard InChI is InChI=1S/C26H31N5O2/c32-25-17-24(30-10-2-1-3-11-30)26(31(25)21-8-9-22-23(16-21)28-18-27-22)19-4-6-20(7-5-19)29-12-14-33-15-13-29/h4-9,16-17,26-28H,1-3,10-15,18H2. The van der Waals surface area contributed by atoms with Gasteiger partial charge in [-0.3, -0.25) is 9.69 Å². The molecule has 0 saturated carbocycles. The molecule has 172 valence electrons. The quantitative estimate of drug-likeness (QED) is 0.747. The second kappa shape index (κ2) is 8.63. The molecule has 0 bridgehead atoms. The van der Waals surface area contributed by atoms with Gasteiger partial charge in [0.15, 0.2) is 0 Å². The number of likely N-dealkylation sites (tertiary alicyclic amines) is 1. The van der Waals surface area contributed by atoms with E-state index in [4.69, 9.17) is 4.74 Å². The summed E-state index contributed by atoms with van der Waals surface area (Å²) in [4.78, 5) is 20.1. The smallest absolute Gasteiger partial charge is 0.253 e. The molecule has 0 spiro atoms. The molecule has 4 heterocycles. The summed E-state index contributed by atoms with van der Waals surface area (Å²) in [5.41, 5.74) is 6.57. The average molecular weight is 446 g/mol. The third-order valence-corrected chi connectivity index (χ3v) is 7.19. The number of morpholine rings is 1. The molecule has 6 rings (SSSR count). The molecule has 7 heteroatoms. The molecule has 33 heavy (non-hydrogen) atoms. The molecule has 2 fully saturated rings. The third-order valence-electron chi connectivity index (χ3n) is 7.19. The molecule has 4 aliphatic heterocycles. The highest BCUT2D eigenvalue weighted by Crippen LogP contribution is 2.42. The molecule has 2 aromatic rings. The number of nitrogens with zero attached hydrogens (tertiary/aromatic N) is 3. The fraction of sp³-hybridized carbons (Fsp3) is 0.423. The Balaban J connectivity index is 1.36. The lowest BCUT2D eigenvalue weighted by Crippen LogP contribution is -2.36. The van der Waals surface area contributed by atoms with Crippen LogP contribution >= 0.6 is 0 Å². The zero-order chi connectivity index (χ0) is 22.2. The molecular weight excluding hydrogens is 414 g/mol. The van der Waals surface area contributed by atoms with E-state index < -0.39 is 0 Å². The first-order valence-corrected chi connectivity index (χ1v) is 12.1. The second-order valence-electron chi connectivity index (χ2n) is 9.18. The van der Waals surface area contributed by atoms with Gasteiger partial charge in [-0.2, -0.15) is 0 Å². The lowest BCUT2D eigenvalue weighted by atomic mass is 10.00. The fourth-order valence-electron chi connectivity index (χ4n) is 5.45. The SMILES string of the molecule is O=C1C=C(N2CCCCC2)C(c2ccc(N3CCOCC3)cc2)N1c1ccc2c(c1)NCN2. The van der Waals surface area contributed by atoms with E-state index in [2.05, 4.69) is 62.9 Å². The number of carbonyl (C=O) groups excluding carboxylic acids is 1. The van der Waals surface area contributed by atoms with Crippen molar-refractivity contribution in [3.05, 3.63) is 59.8 Å². The maximum Gasteiger partial charge on any atom is 0.253 e. The van der Waals surface area contributed by atoms with Gasteiger partial charge in [0.1, 0.15) is 6.04 Å². The lowest BCUT2D eigenvalue weighted by Gasteiger charge is -2.36. The lowest BCUT2D eigenvalue weighted by molar-refractivity contribution is -0.113. The summed E-state index contributed by atoms with van der Waals surface area (Å²) < 4.78 is 5.51. The van der Waals surface area contributed by atoms with Crippen molar-refractivity contribution in [3.8, 4) is 0 Å². The summed E-state index contributed by atoms with van der Waals surface area (Å²) in [6, 6.07) is 14.9. The minimum absolute atomic E-state index is 0.0590. The van der Waals surface area contributed by atoms with Gasteiger partial charge in [-0.15, -0.1) is 0 Å². The predicted molar refractivity (Wildman–Crippen MR) is 132 cm³/mol. The van der Waals surface area contributed by atoms with Gasteiger partial charge in [0.05, 0.1) is 31.3 Å². The van der Waals surface area contributed by atoms with Gasteiger partial charge in [-0.1, -0.05) is 12.1 Å².